The molecule has 0 spiro atoms. The number of fused-ring (bicyclic) bond motifs is 1. The van der Waals surface area contributed by atoms with Crippen LogP contribution in [0.5, 0.6) is 0 Å². The van der Waals surface area contributed by atoms with Crippen molar-refractivity contribution in [1.82, 2.24) is 4.90 Å². The molecule has 1 aliphatic rings. The molecule has 128 valence electrons. The van der Waals surface area contributed by atoms with E-state index in [0.29, 0.717) is 26.1 Å². The number of benzene rings is 1. The van der Waals surface area contributed by atoms with Gasteiger partial charge < -0.3 is 14.7 Å². The minimum atomic E-state index is -0.890. The number of hydrogen-bond donors (Lipinski definition) is 1. The SMILES string of the molecule is O=C(O)C[C@H]1CN(C(=O)CCCc2csc3ccccc23)CCO1. The largest absolute Gasteiger partial charge is 0.481 e. The number of nitrogens with zero attached hydrogens (tertiary/aromatic N) is 1. The Morgan fingerprint density at radius 3 is 3.00 bits per heavy atom. The maximum Gasteiger partial charge on any atom is 0.306 e. The van der Waals surface area contributed by atoms with Crippen molar-refractivity contribution < 1.29 is 19.4 Å². The first kappa shape index (κ1) is 16.9. The zero-order valence-electron chi connectivity index (χ0n) is 13.4. The second-order valence-electron chi connectivity index (χ2n) is 6.04. The summed E-state index contributed by atoms with van der Waals surface area (Å²) in [6.07, 6.45) is 1.74. The quantitative estimate of drug-likeness (QED) is 0.872. The fourth-order valence-electron chi connectivity index (χ4n) is 3.08. The van der Waals surface area contributed by atoms with E-state index < -0.39 is 5.97 Å². The lowest BCUT2D eigenvalue weighted by molar-refractivity contribution is -0.147. The standard InChI is InChI=1S/C18H21NO4S/c20-17(19-8-9-23-14(11-19)10-18(21)22)7-3-4-13-12-24-16-6-2-1-5-15(13)16/h1-2,5-6,12,14H,3-4,7-11H2,(H,21,22)/t14-/m0/s1. The number of amides is 1. The first-order chi connectivity index (χ1) is 11.6. The normalized spacial score (nSPS) is 18.0. The molecule has 0 aliphatic carbocycles. The zero-order chi connectivity index (χ0) is 16.9. The van der Waals surface area contributed by atoms with E-state index in [4.69, 9.17) is 9.84 Å². The summed E-state index contributed by atoms with van der Waals surface area (Å²) in [5.41, 5.74) is 1.30. The molecule has 0 radical (unpaired) electrons. The molecule has 1 aliphatic heterocycles. The van der Waals surface area contributed by atoms with Crippen LogP contribution in [0, 0.1) is 0 Å². The molecule has 1 aromatic carbocycles. The fraction of sp³-hybridized carbons (Fsp3) is 0.444. The Hall–Kier alpha value is -1.92. The Balaban J connectivity index is 1.49. The van der Waals surface area contributed by atoms with Gasteiger partial charge in [-0.2, -0.15) is 0 Å². The molecule has 3 rings (SSSR count). The molecule has 0 bridgehead atoms. The molecule has 1 aromatic heterocycles. The molecule has 2 heterocycles. The lowest BCUT2D eigenvalue weighted by atomic mass is 10.1. The molecule has 2 aromatic rings. The van der Waals surface area contributed by atoms with Crippen molar-refractivity contribution in [3.8, 4) is 0 Å². The van der Waals surface area contributed by atoms with E-state index in [0.717, 1.165) is 12.8 Å². The van der Waals surface area contributed by atoms with Gasteiger partial charge in [0.15, 0.2) is 0 Å². The van der Waals surface area contributed by atoms with Crippen LogP contribution >= 0.6 is 11.3 Å². The first-order valence-corrected chi connectivity index (χ1v) is 9.07. The van der Waals surface area contributed by atoms with Gasteiger partial charge in [-0.3, -0.25) is 9.59 Å². The number of carbonyl (C=O) groups is 2. The van der Waals surface area contributed by atoms with Gasteiger partial charge in [0.05, 0.1) is 19.1 Å². The second kappa shape index (κ2) is 7.77. The van der Waals surface area contributed by atoms with E-state index >= 15 is 0 Å². The number of aryl methyl sites for hydroxylation is 1. The number of rotatable bonds is 6. The van der Waals surface area contributed by atoms with Crippen LogP contribution in [-0.4, -0.2) is 47.7 Å². The highest BCUT2D eigenvalue weighted by molar-refractivity contribution is 7.17. The highest BCUT2D eigenvalue weighted by Crippen LogP contribution is 2.26. The first-order valence-electron chi connectivity index (χ1n) is 8.20. The monoisotopic (exact) mass is 347 g/mol. The average molecular weight is 347 g/mol. The number of hydrogen-bond acceptors (Lipinski definition) is 4. The molecule has 1 amide bonds. The maximum absolute atomic E-state index is 12.3. The van der Waals surface area contributed by atoms with Gasteiger partial charge in [-0.15, -0.1) is 11.3 Å². The van der Waals surface area contributed by atoms with Gasteiger partial charge in [-0.05, 0) is 35.2 Å². The molecule has 1 N–H and O–H groups in total. The lowest BCUT2D eigenvalue weighted by Gasteiger charge is -2.32. The number of carbonyl (C=O) groups excluding carboxylic acids is 1. The number of morpholine rings is 1. The molecule has 1 atom stereocenters. The highest BCUT2D eigenvalue weighted by atomic mass is 32.1. The summed E-state index contributed by atoms with van der Waals surface area (Å²) in [5, 5.41) is 12.3. The summed E-state index contributed by atoms with van der Waals surface area (Å²) in [5.74, 6) is -0.799. The lowest BCUT2D eigenvalue weighted by Crippen LogP contribution is -2.46. The van der Waals surface area contributed by atoms with E-state index in [1.165, 1.54) is 15.6 Å². The van der Waals surface area contributed by atoms with E-state index in [1.54, 1.807) is 16.2 Å². The molecular formula is C18H21NO4S. The number of carboxylic acids is 1. The molecule has 0 unspecified atom stereocenters. The summed E-state index contributed by atoms with van der Waals surface area (Å²) in [6, 6.07) is 8.32. The molecule has 5 nitrogen and oxygen atoms in total. The third-order valence-electron chi connectivity index (χ3n) is 4.29. The number of ether oxygens (including phenoxy) is 1. The van der Waals surface area contributed by atoms with Crippen molar-refractivity contribution in [2.45, 2.75) is 31.8 Å². The third kappa shape index (κ3) is 4.13. The van der Waals surface area contributed by atoms with Crippen LogP contribution in [-0.2, 0) is 20.7 Å². The van der Waals surface area contributed by atoms with Gasteiger partial charge >= 0.3 is 5.97 Å². The summed E-state index contributed by atoms with van der Waals surface area (Å²) in [6.45, 7) is 1.35. The summed E-state index contributed by atoms with van der Waals surface area (Å²) in [7, 11) is 0. The van der Waals surface area contributed by atoms with Gasteiger partial charge in [-0.1, -0.05) is 18.2 Å². The van der Waals surface area contributed by atoms with Crippen molar-refractivity contribution in [2.75, 3.05) is 19.7 Å². The van der Waals surface area contributed by atoms with E-state index in [-0.39, 0.29) is 18.4 Å². The minimum absolute atomic E-state index is 0.0509. The molecular weight excluding hydrogens is 326 g/mol. The van der Waals surface area contributed by atoms with Crippen LogP contribution in [0.25, 0.3) is 10.1 Å². The van der Waals surface area contributed by atoms with Gasteiger partial charge in [0.1, 0.15) is 0 Å². The van der Waals surface area contributed by atoms with Crippen molar-refractivity contribution in [3.05, 3.63) is 35.2 Å². The Bertz CT molecular complexity index is 727. The van der Waals surface area contributed by atoms with Crippen LogP contribution in [0.2, 0.25) is 0 Å². The Morgan fingerprint density at radius 2 is 2.17 bits per heavy atom. The van der Waals surface area contributed by atoms with Crippen molar-refractivity contribution in [1.29, 1.82) is 0 Å². The summed E-state index contributed by atoms with van der Waals surface area (Å²) < 4.78 is 6.69. The molecule has 0 saturated carbocycles. The maximum atomic E-state index is 12.3. The molecule has 1 saturated heterocycles. The fourth-order valence-corrected chi connectivity index (χ4v) is 4.08. The van der Waals surface area contributed by atoms with Crippen LogP contribution in [0.4, 0.5) is 0 Å². The van der Waals surface area contributed by atoms with Gasteiger partial charge in [0, 0.05) is 24.2 Å². The van der Waals surface area contributed by atoms with Crippen molar-refractivity contribution >= 4 is 33.3 Å². The van der Waals surface area contributed by atoms with E-state index in [2.05, 4.69) is 17.5 Å². The Morgan fingerprint density at radius 1 is 1.33 bits per heavy atom. The topological polar surface area (TPSA) is 66.8 Å². The van der Waals surface area contributed by atoms with Crippen LogP contribution in [0.3, 0.4) is 0 Å². The van der Waals surface area contributed by atoms with Crippen LogP contribution in [0.1, 0.15) is 24.8 Å². The number of thiophene rings is 1. The summed E-state index contributed by atoms with van der Waals surface area (Å²) in [4.78, 5) is 24.9. The molecule has 1 fully saturated rings. The smallest absolute Gasteiger partial charge is 0.306 e. The summed E-state index contributed by atoms with van der Waals surface area (Å²) >= 11 is 1.74. The van der Waals surface area contributed by atoms with Crippen molar-refractivity contribution in [3.63, 3.8) is 0 Å². The minimum Gasteiger partial charge on any atom is -0.481 e. The number of carboxylic acid groups (broad SMARTS) is 1. The molecule has 24 heavy (non-hydrogen) atoms. The average Bonchev–Trinajstić information content (AvgIpc) is 2.98. The zero-order valence-corrected chi connectivity index (χ0v) is 14.3. The highest BCUT2D eigenvalue weighted by Gasteiger charge is 2.25. The van der Waals surface area contributed by atoms with Gasteiger partial charge in [0.25, 0.3) is 0 Å². The number of aliphatic carboxylic acids is 1. The predicted molar refractivity (Wildman–Crippen MR) is 93.3 cm³/mol. The third-order valence-corrected chi connectivity index (χ3v) is 5.30. The van der Waals surface area contributed by atoms with Crippen molar-refractivity contribution in [2.24, 2.45) is 0 Å². The van der Waals surface area contributed by atoms with Crippen LogP contribution < -0.4 is 0 Å². The predicted octanol–water partition coefficient (Wildman–Crippen LogP) is 2.93. The van der Waals surface area contributed by atoms with E-state index in [9.17, 15) is 9.59 Å². The van der Waals surface area contributed by atoms with E-state index in [1.807, 2.05) is 12.1 Å². The Kier molecular flexibility index (Phi) is 5.48. The van der Waals surface area contributed by atoms with Crippen LogP contribution in [0.15, 0.2) is 29.6 Å². The Labute approximate surface area is 144 Å². The second-order valence-corrected chi connectivity index (χ2v) is 6.95. The van der Waals surface area contributed by atoms with Gasteiger partial charge in [-0.25, -0.2) is 0 Å². The molecule has 6 heteroatoms. The van der Waals surface area contributed by atoms with Gasteiger partial charge in [0.2, 0.25) is 5.91 Å².